The first-order valence-corrected chi connectivity index (χ1v) is 9.37. The van der Waals surface area contributed by atoms with E-state index < -0.39 is 0 Å². The number of nitrogens with one attached hydrogen (secondary N) is 1. The molecule has 142 valence electrons. The van der Waals surface area contributed by atoms with Crippen LogP contribution in [0.3, 0.4) is 0 Å². The van der Waals surface area contributed by atoms with Crippen LogP contribution in [0.5, 0.6) is 5.75 Å². The summed E-state index contributed by atoms with van der Waals surface area (Å²) < 4.78 is 5.65. The molecule has 0 unspecified atom stereocenters. The molecule has 4 rings (SSSR count). The summed E-state index contributed by atoms with van der Waals surface area (Å²) in [6.07, 6.45) is 5.65. The van der Waals surface area contributed by atoms with Gasteiger partial charge < -0.3 is 10.1 Å². The Morgan fingerprint density at radius 2 is 1.72 bits per heavy atom. The lowest BCUT2D eigenvalue weighted by Crippen LogP contribution is -2.20. The molecule has 0 bridgehead atoms. The van der Waals surface area contributed by atoms with Crippen molar-refractivity contribution in [3.8, 4) is 5.75 Å². The van der Waals surface area contributed by atoms with Crippen molar-refractivity contribution in [3.05, 3.63) is 102 Å². The standard InChI is InChI=1S/C25H20N2O2/c28-25(18-29-24-14-12-20-7-1-2-8-21(20)17-24)27-23-10-5-6-19(16-23)11-13-22-9-3-4-15-26-22/h1-17H,18H2,(H,27,28)/b13-11-. The van der Waals surface area contributed by atoms with E-state index in [2.05, 4.69) is 10.3 Å². The zero-order valence-corrected chi connectivity index (χ0v) is 15.8. The Morgan fingerprint density at radius 1 is 0.862 bits per heavy atom. The van der Waals surface area contributed by atoms with Gasteiger partial charge in [-0.1, -0.05) is 54.6 Å². The van der Waals surface area contributed by atoms with Crippen LogP contribution in [0, 0.1) is 0 Å². The Morgan fingerprint density at radius 3 is 2.59 bits per heavy atom. The number of amides is 1. The topological polar surface area (TPSA) is 51.2 Å². The summed E-state index contributed by atoms with van der Waals surface area (Å²) in [5.74, 6) is 0.468. The molecule has 1 amide bonds. The van der Waals surface area contributed by atoms with Gasteiger partial charge in [-0.15, -0.1) is 0 Å². The number of nitrogens with zero attached hydrogens (tertiary/aromatic N) is 1. The zero-order chi connectivity index (χ0) is 19.9. The van der Waals surface area contributed by atoms with Gasteiger partial charge in [-0.05, 0) is 58.8 Å². The minimum Gasteiger partial charge on any atom is -0.484 e. The Hall–Kier alpha value is -3.92. The third kappa shape index (κ3) is 5.08. The molecule has 0 fully saturated rings. The van der Waals surface area contributed by atoms with Gasteiger partial charge in [0.2, 0.25) is 0 Å². The van der Waals surface area contributed by atoms with Gasteiger partial charge in [-0.25, -0.2) is 0 Å². The number of hydrogen-bond donors (Lipinski definition) is 1. The minimum atomic E-state index is -0.205. The number of carbonyl (C=O) groups is 1. The van der Waals surface area contributed by atoms with Gasteiger partial charge in [0.05, 0.1) is 5.69 Å². The van der Waals surface area contributed by atoms with E-state index in [1.165, 1.54) is 0 Å². The first-order chi connectivity index (χ1) is 14.3. The predicted octanol–water partition coefficient (Wildman–Crippen LogP) is 5.42. The highest BCUT2D eigenvalue weighted by molar-refractivity contribution is 5.92. The second-order valence-electron chi connectivity index (χ2n) is 6.56. The summed E-state index contributed by atoms with van der Waals surface area (Å²) in [4.78, 5) is 16.5. The molecule has 0 aliphatic rings. The average molecular weight is 380 g/mol. The number of carbonyl (C=O) groups excluding carboxylic acids is 1. The van der Waals surface area contributed by atoms with Gasteiger partial charge >= 0.3 is 0 Å². The van der Waals surface area contributed by atoms with Crippen molar-refractivity contribution >= 4 is 34.5 Å². The molecule has 4 heteroatoms. The highest BCUT2D eigenvalue weighted by atomic mass is 16.5. The smallest absolute Gasteiger partial charge is 0.262 e. The fraction of sp³-hybridized carbons (Fsp3) is 0.0400. The summed E-state index contributed by atoms with van der Waals surface area (Å²) in [7, 11) is 0. The van der Waals surface area contributed by atoms with E-state index in [1.807, 2.05) is 97.1 Å². The molecule has 0 aliphatic heterocycles. The average Bonchev–Trinajstić information content (AvgIpc) is 2.77. The van der Waals surface area contributed by atoms with Crippen LogP contribution < -0.4 is 10.1 Å². The van der Waals surface area contributed by atoms with E-state index in [0.29, 0.717) is 5.75 Å². The van der Waals surface area contributed by atoms with Crippen LogP contribution in [-0.4, -0.2) is 17.5 Å². The highest BCUT2D eigenvalue weighted by Crippen LogP contribution is 2.20. The fourth-order valence-electron chi connectivity index (χ4n) is 2.98. The van der Waals surface area contributed by atoms with Gasteiger partial charge in [-0.3, -0.25) is 9.78 Å². The molecule has 0 radical (unpaired) electrons. The number of anilines is 1. The summed E-state index contributed by atoms with van der Waals surface area (Å²) in [6.45, 7) is -0.0493. The van der Waals surface area contributed by atoms with Crippen molar-refractivity contribution < 1.29 is 9.53 Å². The molecule has 1 heterocycles. The van der Waals surface area contributed by atoms with Gasteiger partial charge in [0.25, 0.3) is 5.91 Å². The van der Waals surface area contributed by atoms with E-state index in [9.17, 15) is 4.79 Å². The second kappa shape index (κ2) is 8.85. The van der Waals surface area contributed by atoms with E-state index in [-0.39, 0.29) is 12.5 Å². The molecule has 4 aromatic rings. The molecule has 0 saturated heterocycles. The van der Waals surface area contributed by atoms with Crippen molar-refractivity contribution in [1.82, 2.24) is 4.98 Å². The lowest BCUT2D eigenvalue weighted by atomic mass is 10.1. The van der Waals surface area contributed by atoms with Crippen LogP contribution in [0.2, 0.25) is 0 Å². The Bertz CT molecular complexity index is 1150. The van der Waals surface area contributed by atoms with Gasteiger partial charge in [0.15, 0.2) is 6.61 Å². The lowest BCUT2D eigenvalue weighted by molar-refractivity contribution is -0.118. The second-order valence-corrected chi connectivity index (χ2v) is 6.56. The molecule has 1 N–H and O–H groups in total. The summed E-state index contributed by atoms with van der Waals surface area (Å²) in [5.41, 5.74) is 2.58. The number of rotatable bonds is 6. The van der Waals surface area contributed by atoms with Crippen molar-refractivity contribution in [1.29, 1.82) is 0 Å². The zero-order valence-electron chi connectivity index (χ0n) is 15.8. The number of fused-ring (bicyclic) bond motifs is 1. The first-order valence-electron chi connectivity index (χ1n) is 9.37. The van der Waals surface area contributed by atoms with Gasteiger partial charge in [0.1, 0.15) is 5.75 Å². The van der Waals surface area contributed by atoms with Crippen molar-refractivity contribution in [3.63, 3.8) is 0 Å². The number of hydrogen-bond acceptors (Lipinski definition) is 3. The normalized spacial score (nSPS) is 10.9. The third-order valence-electron chi connectivity index (χ3n) is 4.40. The number of benzene rings is 3. The predicted molar refractivity (Wildman–Crippen MR) is 118 cm³/mol. The van der Waals surface area contributed by atoms with Gasteiger partial charge in [0, 0.05) is 11.9 Å². The van der Waals surface area contributed by atoms with Crippen molar-refractivity contribution in [2.24, 2.45) is 0 Å². The van der Waals surface area contributed by atoms with Gasteiger partial charge in [-0.2, -0.15) is 0 Å². The quantitative estimate of drug-likeness (QED) is 0.486. The molecule has 0 spiro atoms. The van der Waals surface area contributed by atoms with E-state index in [0.717, 1.165) is 27.7 Å². The van der Waals surface area contributed by atoms with Crippen molar-refractivity contribution in [2.45, 2.75) is 0 Å². The molecular weight excluding hydrogens is 360 g/mol. The fourth-order valence-corrected chi connectivity index (χ4v) is 2.98. The summed E-state index contributed by atoms with van der Waals surface area (Å²) >= 11 is 0. The molecule has 0 aliphatic carbocycles. The first kappa shape index (κ1) is 18.4. The largest absolute Gasteiger partial charge is 0.484 e. The minimum absolute atomic E-state index is 0.0493. The maximum Gasteiger partial charge on any atom is 0.262 e. The molecule has 3 aromatic carbocycles. The Labute approximate surface area is 169 Å². The molecule has 0 atom stereocenters. The lowest BCUT2D eigenvalue weighted by Gasteiger charge is -2.09. The molecule has 1 aromatic heterocycles. The summed E-state index contributed by atoms with van der Waals surface area (Å²) in [6, 6.07) is 27.2. The van der Waals surface area contributed by atoms with E-state index in [4.69, 9.17) is 4.74 Å². The highest BCUT2D eigenvalue weighted by Gasteiger charge is 2.05. The third-order valence-corrected chi connectivity index (χ3v) is 4.40. The number of ether oxygens (including phenoxy) is 1. The van der Waals surface area contributed by atoms with Crippen LogP contribution >= 0.6 is 0 Å². The maximum atomic E-state index is 12.3. The van der Waals surface area contributed by atoms with E-state index >= 15 is 0 Å². The van der Waals surface area contributed by atoms with E-state index in [1.54, 1.807) is 6.20 Å². The number of aromatic nitrogens is 1. The summed E-state index contributed by atoms with van der Waals surface area (Å²) in [5, 5.41) is 5.09. The molecular formula is C25H20N2O2. The Kier molecular flexibility index (Phi) is 5.63. The van der Waals surface area contributed by atoms with Crippen LogP contribution in [0.1, 0.15) is 11.3 Å². The van der Waals surface area contributed by atoms with Crippen LogP contribution in [0.25, 0.3) is 22.9 Å². The van der Waals surface area contributed by atoms with Crippen molar-refractivity contribution in [2.75, 3.05) is 11.9 Å². The van der Waals surface area contributed by atoms with Crippen LogP contribution in [0.15, 0.2) is 91.1 Å². The van der Waals surface area contributed by atoms with Crippen LogP contribution in [-0.2, 0) is 4.79 Å². The maximum absolute atomic E-state index is 12.3. The number of pyridine rings is 1. The molecule has 0 saturated carbocycles. The molecule has 4 nitrogen and oxygen atoms in total. The monoisotopic (exact) mass is 380 g/mol. The SMILES string of the molecule is O=C(COc1ccc2ccccc2c1)Nc1cccc(/C=C\c2ccccn2)c1. The Balaban J connectivity index is 1.36. The molecule has 29 heavy (non-hydrogen) atoms. The van der Waals surface area contributed by atoms with Crippen LogP contribution in [0.4, 0.5) is 5.69 Å².